The number of nitrogens with two attached hydrogens (primary N) is 1. The Balaban J connectivity index is 2.25. The van der Waals surface area contributed by atoms with Crippen LogP contribution in [0.4, 0.5) is 5.69 Å². The molecule has 0 amide bonds. The van der Waals surface area contributed by atoms with E-state index in [0.29, 0.717) is 10.7 Å². The van der Waals surface area contributed by atoms with Gasteiger partial charge in [0.15, 0.2) is 0 Å². The number of ether oxygens (including phenoxy) is 1. The number of nitrogens with zero attached hydrogens (tertiary/aromatic N) is 1. The van der Waals surface area contributed by atoms with Crippen molar-refractivity contribution in [1.29, 1.82) is 0 Å². The van der Waals surface area contributed by atoms with Crippen LogP contribution in [-0.4, -0.2) is 29.7 Å². The van der Waals surface area contributed by atoms with E-state index in [1.807, 2.05) is 12.1 Å². The molecule has 0 aliphatic carbocycles. The number of thiocarbonyl (C=S) groups is 1. The molecule has 0 bridgehead atoms. The molecule has 0 aliphatic rings. The van der Waals surface area contributed by atoms with Crippen LogP contribution in [0.5, 0.6) is 0 Å². The second-order valence-electron chi connectivity index (χ2n) is 4.01. The lowest BCUT2D eigenvalue weighted by molar-refractivity contribution is 0.131. The van der Waals surface area contributed by atoms with Gasteiger partial charge in [-0.25, -0.2) is 0 Å². The summed E-state index contributed by atoms with van der Waals surface area (Å²) >= 11 is 4.95. The molecule has 5 heteroatoms. The Morgan fingerprint density at radius 3 is 2.94 bits per heavy atom. The van der Waals surface area contributed by atoms with Gasteiger partial charge in [-0.2, -0.15) is 0 Å². The summed E-state index contributed by atoms with van der Waals surface area (Å²) in [7, 11) is 0. The van der Waals surface area contributed by atoms with Gasteiger partial charge in [0.1, 0.15) is 10.7 Å². The predicted molar refractivity (Wildman–Crippen MR) is 79.0 cm³/mol. The standard InChI is InChI=1S/C13H21N3OS/c1-2-3-9-17-10-5-8-15-11-6-4-7-16-12(11)13(14)18/h4,6-7,15H,2-3,5,8-10H2,1H3,(H2,14,18). The minimum atomic E-state index is 0.317. The summed E-state index contributed by atoms with van der Waals surface area (Å²) in [4.78, 5) is 4.47. The Morgan fingerprint density at radius 2 is 2.22 bits per heavy atom. The first-order valence-electron chi connectivity index (χ1n) is 6.32. The highest BCUT2D eigenvalue weighted by molar-refractivity contribution is 7.80. The zero-order valence-electron chi connectivity index (χ0n) is 10.8. The van der Waals surface area contributed by atoms with Crippen molar-refractivity contribution in [2.24, 2.45) is 5.73 Å². The smallest absolute Gasteiger partial charge is 0.124 e. The van der Waals surface area contributed by atoms with Gasteiger partial charge in [-0.05, 0) is 25.0 Å². The van der Waals surface area contributed by atoms with Crippen LogP contribution in [0.3, 0.4) is 0 Å². The highest BCUT2D eigenvalue weighted by Gasteiger charge is 2.04. The summed E-state index contributed by atoms with van der Waals surface area (Å²) < 4.78 is 5.48. The first-order chi connectivity index (χ1) is 8.75. The monoisotopic (exact) mass is 267 g/mol. The highest BCUT2D eigenvalue weighted by Crippen LogP contribution is 2.11. The van der Waals surface area contributed by atoms with Gasteiger partial charge in [-0.3, -0.25) is 4.98 Å². The fraction of sp³-hybridized carbons (Fsp3) is 0.538. The second-order valence-corrected chi connectivity index (χ2v) is 4.45. The Bertz CT molecular complexity index is 371. The molecular formula is C13H21N3OS. The van der Waals surface area contributed by atoms with Crippen LogP contribution >= 0.6 is 12.2 Å². The van der Waals surface area contributed by atoms with Gasteiger partial charge in [0.05, 0.1) is 5.69 Å². The summed E-state index contributed by atoms with van der Waals surface area (Å²) in [6, 6.07) is 3.79. The number of pyridine rings is 1. The van der Waals surface area contributed by atoms with Crippen molar-refractivity contribution in [1.82, 2.24) is 4.98 Å². The van der Waals surface area contributed by atoms with Crippen LogP contribution < -0.4 is 11.1 Å². The Hall–Kier alpha value is -1.20. The van der Waals surface area contributed by atoms with Gasteiger partial charge < -0.3 is 15.8 Å². The zero-order chi connectivity index (χ0) is 13.2. The lowest BCUT2D eigenvalue weighted by atomic mass is 10.3. The van der Waals surface area contributed by atoms with E-state index in [1.165, 1.54) is 6.42 Å². The quantitative estimate of drug-likeness (QED) is 0.531. The molecular weight excluding hydrogens is 246 g/mol. The lowest BCUT2D eigenvalue weighted by Gasteiger charge is -2.10. The molecule has 3 N–H and O–H groups in total. The summed E-state index contributed by atoms with van der Waals surface area (Å²) in [5.41, 5.74) is 7.14. The Morgan fingerprint density at radius 1 is 1.44 bits per heavy atom. The maximum absolute atomic E-state index is 5.60. The number of aromatic nitrogens is 1. The average molecular weight is 267 g/mol. The van der Waals surface area contributed by atoms with Crippen molar-refractivity contribution < 1.29 is 4.74 Å². The fourth-order valence-corrected chi connectivity index (χ4v) is 1.65. The van der Waals surface area contributed by atoms with Crippen LogP contribution in [0.25, 0.3) is 0 Å². The van der Waals surface area contributed by atoms with Crippen molar-refractivity contribution in [2.45, 2.75) is 26.2 Å². The van der Waals surface area contributed by atoms with Crippen molar-refractivity contribution in [2.75, 3.05) is 25.1 Å². The van der Waals surface area contributed by atoms with E-state index >= 15 is 0 Å². The molecule has 1 heterocycles. The molecule has 0 atom stereocenters. The number of hydrogen-bond acceptors (Lipinski definition) is 4. The van der Waals surface area contributed by atoms with Crippen molar-refractivity contribution in [3.05, 3.63) is 24.0 Å². The topological polar surface area (TPSA) is 60.2 Å². The van der Waals surface area contributed by atoms with Crippen molar-refractivity contribution in [3.8, 4) is 0 Å². The number of nitrogens with one attached hydrogen (secondary N) is 1. The van der Waals surface area contributed by atoms with Gasteiger partial charge in [0, 0.05) is 26.0 Å². The average Bonchev–Trinajstić information content (AvgIpc) is 2.38. The van der Waals surface area contributed by atoms with E-state index in [4.69, 9.17) is 22.7 Å². The number of anilines is 1. The molecule has 100 valence electrons. The van der Waals surface area contributed by atoms with Crippen LogP contribution in [0.2, 0.25) is 0 Å². The zero-order valence-corrected chi connectivity index (χ0v) is 11.6. The number of unbranched alkanes of at least 4 members (excludes halogenated alkanes) is 1. The van der Waals surface area contributed by atoms with Crippen LogP contribution in [0.15, 0.2) is 18.3 Å². The minimum Gasteiger partial charge on any atom is -0.388 e. The van der Waals surface area contributed by atoms with Gasteiger partial charge in [0.2, 0.25) is 0 Å². The van der Waals surface area contributed by atoms with E-state index in [9.17, 15) is 0 Å². The van der Waals surface area contributed by atoms with Gasteiger partial charge >= 0.3 is 0 Å². The third-order valence-corrected chi connectivity index (χ3v) is 2.66. The van der Waals surface area contributed by atoms with E-state index in [0.717, 1.165) is 38.3 Å². The lowest BCUT2D eigenvalue weighted by Crippen LogP contribution is -2.16. The van der Waals surface area contributed by atoms with Gasteiger partial charge in [-0.15, -0.1) is 0 Å². The van der Waals surface area contributed by atoms with E-state index in [1.54, 1.807) is 6.20 Å². The molecule has 0 aromatic carbocycles. The van der Waals surface area contributed by atoms with E-state index in [-0.39, 0.29) is 0 Å². The Labute approximate surface area is 114 Å². The first kappa shape index (κ1) is 14.9. The maximum atomic E-state index is 5.60. The summed E-state index contributed by atoms with van der Waals surface area (Å²) in [5, 5.41) is 3.28. The number of rotatable bonds is 9. The SMILES string of the molecule is CCCCOCCCNc1cccnc1C(N)=S. The Kier molecular flexibility index (Phi) is 7.29. The molecule has 0 fully saturated rings. The van der Waals surface area contributed by atoms with E-state index in [2.05, 4.69) is 17.2 Å². The van der Waals surface area contributed by atoms with Gasteiger partial charge in [-0.1, -0.05) is 25.6 Å². The van der Waals surface area contributed by atoms with Crippen molar-refractivity contribution >= 4 is 22.9 Å². The molecule has 0 spiro atoms. The molecule has 0 saturated carbocycles. The largest absolute Gasteiger partial charge is 0.388 e. The second kappa shape index (κ2) is 8.83. The molecule has 18 heavy (non-hydrogen) atoms. The molecule has 0 saturated heterocycles. The fourth-order valence-electron chi connectivity index (χ4n) is 1.49. The molecule has 0 aliphatic heterocycles. The van der Waals surface area contributed by atoms with Crippen LogP contribution in [-0.2, 0) is 4.74 Å². The van der Waals surface area contributed by atoms with E-state index < -0.39 is 0 Å². The molecule has 0 radical (unpaired) electrons. The number of hydrogen-bond donors (Lipinski definition) is 2. The normalized spacial score (nSPS) is 10.3. The third kappa shape index (κ3) is 5.42. The molecule has 1 aromatic heterocycles. The third-order valence-electron chi connectivity index (χ3n) is 2.46. The minimum absolute atomic E-state index is 0.317. The molecule has 0 unspecified atom stereocenters. The van der Waals surface area contributed by atoms with Crippen LogP contribution in [0, 0.1) is 0 Å². The first-order valence-corrected chi connectivity index (χ1v) is 6.73. The molecule has 4 nitrogen and oxygen atoms in total. The molecule has 1 aromatic rings. The highest BCUT2D eigenvalue weighted by atomic mass is 32.1. The maximum Gasteiger partial charge on any atom is 0.124 e. The van der Waals surface area contributed by atoms with Gasteiger partial charge in [0.25, 0.3) is 0 Å². The summed E-state index contributed by atoms with van der Waals surface area (Å²) in [6.45, 7) is 4.61. The summed E-state index contributed by atoms with van der Waals surface area (Å²) in [5.74, 6) is 0. The van der Waals surface area contributed by atoms with Crippen LogP contribution in [0.1, 0.15) is 31.9 Å². The van der Waals surface area contributed by atoms with Crippen molar-refractivity contribution in [3.63, 3.8) is 0 Å². The predicted octanol–water partition coefficient (Wildman–Crippen LogP) is 2.33. The summed E-state index contributed by atoms with van der Waals surface area (Å²) in [6.07, 6.45) is 4.94. The molecule has 1 rings (SSSR count).